The highest BCUT2D eigenvalue weighted by Crippen LogP contribution is 2.38. The average molecular weight is 316 g/mol. The van der Waals surface area contributed by atoms with Crippen LogP contribution in [0.15, 0.2) is 64.7 Å². The van der Waals surface area contributed by atoms with Crippen LogP contribution in [0.5, 0.6) is 0 Å². The summed E-state index contributed by atoms with van der Waals surface area (Å²) < 4.78 is 0. The Balaban J connectivity index is 1.60. The summed E-state index contributed by atoms with van der Waals surface area (Å²) in [7, 11) is 0. The van der Waals surface area contributed by atoms with Crippen LogP contribution in [0.1, 0.15) is 23.2 Å². The van der Waals surface area contributed by atoms with Crippen LogP contribution in [0.2, 0.25) is 0 Å². The third kappa shape index (κ3) is 1.83. The van der Waals surface area contributed by atoms with Gasteiger partial charge in [0.25, 0.3) is 0 Å². The Bertz CT molecular complexity index is 904. The van der Waals surface area contributed by atoms with Gasteiger partial charge in [0, 0.05) is 34.5 Å². The lowest BCUT2D eigenvalue weighted by molar-refractivity contribution is -0.112. The monoisotopic (exact) mass is 316 g/mol. The maximum absolute atomic E-state index is 12.9. The van der Waals surface area contributed by atoms with Gasteiger partial charge in [-0.3, -0.25) is 14.6 Å². The summed E-state index contributed by atoms with van der Waals surface area (Å²) in [5.74, 6) is 0.0227. The predicted octanol–water partition coefficient (Wildman–Crippen LogP) is 2.89. The lowest BCUT2D eigenvalue weighted by Crippen LogP contribution is -2.45. The van der Waals surface area contributed by atoms with E-state index in [1.54, 1.807) is 0 Å². The molecule has 0 amide bonds. The minimum atomic E-state index is -0.187. The lowest BCUT2D eigenvalue weighted by Gasteiger charge is -2.37. The number of hydrogen-bond donors (Lipinski definition) is 1. The van der Waals surface area contributed by atoms with Crippen molar-refractivity contribution in [1.29, 1.82) is 0 Å². The molecule has 0 spiro atoms. The van der Waals surface area contributed by atoms with E-state index in [1.807, 2.05) is 48.6 Å². The number of Topliss-reactive ketones (excluding diaryl/α,β-unsaturated/α-hetero) is 2. The van der Waals surface area contributed by atoms with Crippen LogP contribution in [0.4, 0.5) is 5.69 Å². The van der Waals surface area contributed by atoms with Gasteiger partial charge in [0.1, 0.15) is 0 Å². The fourth-order valence-corrected chi connectivity index (χ4v) is 4.06. The summed E-state index contributed by atoms with van der Waals surface area (Å²) in [4.78, 5) is 30.4. The topological polar surface area (TPSA) is 58.5 Å². The number of nitrogens with one attached hydrogen (secondary N) is 1. The van der Waals surface area contributed by atoms with E-state index in [-0.39, 0.29) is 29.6 Å². The normalized spacial score (nSPS) is 30.0. The zero-order valence-corrected chi connectivity index (χ0v) is 13.0. The van der Waals surface area contributed by atoms with Crippen LogP contribution in [-0.2, 0) is 4.79 Å². The number of fused-ring (bicyclic) bond motifs is 4. The first-order chi connectivity index (χ1) is 11.7. The fourth-order valence-electron chi connectivity index (χ4n) is 4.06. The first kappa shape index (κ1) is 13.7. The molecular weight excluding hydrogens is 300 g/mol. The first-order valence-electron chi connectivity index (χ1n) is 8.32. The van der Waals surface area contributed by atoms with Crippen LogP contribution in [-0.4, -0.2) is 29.4 Å². The summed E-state index contributed by atoms with van der Waals surface area (Å²) >= 11 is 0. The second-order valence-electron chi connectivity index (χ2n) is 6.64. The molecule has 4 nitrogen and oxygen atoms in total. The summed E-state index contributed by atoms with van der Waals surface area (Å²) in [5.41, 5.74) is 3.81. The summed E-state index contributed by atoms with van der Waals surface area (Å²) in [6.45, 7) is 0. The van der Waals surface area contributed by atoms with Gasteiger partial charge in [-0.2, -0.15) is 0 Å². The van der Waals surface area contributed by atoms with Crippen LogP contribution in [0, 0.1) is 5.92 Å². The van der Waals surface area contributed by atoms with Gasteiger partial charge in [0.05, 0.1) is 18.0 Å². The van der Waals surface area contributed by atoms with Gasteiger partial charge in [0.2, 0.25) is 0 Å². The number of allylic oxidation sites excluding steroid dienone is 3. The second-order valence-corrected chi connectivity index (χ2v) is 6.64. The molecule has 3 atom stereocenters. The van der Waals surface area contributed by atoms with Crippen molar-refractivity contribution in [2.45, 2.75) is 24.9 Å². The molecular formula is C20H16N2O2. The fraction of sp³-hybridized carbons (Fsp3) is 0.250. The molecule has 1 N–H and O–H groups in total. The van der Waals surface area contributed by atoms with E-state index in [0.717, 1.165) is 29.0 Å². The molecule has 0 saturated heterocycles. The largest absolute Gasteiger partial charge is 0.377 e. The number of nitrogens with zero attached hydrogens (tertiary/aromatic N) is 1. The maximum Gasteiger partial charge on any atom is 0.192 e. The van der Waals surface area contributed by atoms with Gasteiger partial charge >= 0.3 is 0 Å². The van der Waals surface area contributed by atoms with E-state index in [1.165, 1.54) is 0 Å². The van der Waals surface area contributed by atoms with Crippen molar-refractivity contribution < 1.29 is 9.59 Å². The van der Waals surface area contributed by atoms with Gasteiger partial charge in [-0.1, -0.05) is 30.4 Å². The van der Waals surface area contributed by atoms with E-state index < -0.39 is 0 Å². The summed E-state index contributed by atoms with van der Waals surface area (Å²) in [5, 5.41) is 3.42. The third-order valence-electron chi connectivity index (χ3n) is 5.27. The van der Waals surface area contributed by atoms with Crippen LogP contribution in [0.3, 0.4) is 0 Å². The highest BCUT2D eigenvalue weighted by atomic mass is 16.1. The number of rotatable bonds is 0. The van der Waals surface area contributed by atoms with Crippen LogP contribution in [0.25, 0.3) is 0 Å². The Morgan fingerprint density at radius 3 is 2.96 bits per heavy atom. The standard InChI is InChI=1S/C20H16N2O2/c23-19-11-5-1-3-7-15(11)21-17-10-14-18(9-13(17)19)22-16-8-4-2-6-12(16)20(14)24/h1,3-8,10,13,16-17,21H,2,9H2. The molecule has 0 fully saturated rings. The zero-order chi connectivity index (χ0) is 16.3. The number of carbonyl (C=O) groups excluding carboxylic acids is 2. The smallest absolute Gasteiger partial charge is 0.192 e. The molecule has 24 heavy (non-hydrogen) atoms. The van der Waals surface area contributed by atoms with Gasteiger partial charge < -0.3 is 5.32 Å². The lowest BCUT2D eigenvalue weighted by atomic mass is 9.73. The molecule has 5 rings (SSSR count). The number of benzene rings is 1. The molecule has 2 heterocycles. The Morgan fingerprint density at radius 1 is 1.17 bits per heavy atom. The SMILES string of the molecule is O=C1C2=CC3Nc4ccccc4C(=O)C3CC2=NC2C=CCC=C12. The minimum Gasteiger partial charge on any atom is -0.377 e. The van der Waals surface area contributed by atoms with Crippen molar-refractivity contribution in [2.24, 2.45) is 10.9 Å². The molecule has 2 aliphatic carbocycles. The summed E-state index contributed by atoms with van der Waals surface area (Å²) in [6.07, 6.45) is 9.22. The molecule has 1 aromatic carbocycles. The highest BCUT2D eigenvalue weighted by Gasteiger charge is 2.42. The molecule has 1 aromatic rings. The minimum absolute atomic E-state index is 0.0703. The Morgan fingerprint density at radius 2 is 2.04 bits per heavy atom. The van der Waals surface area contributed by atoms with Crippen molar-refractivity contribution in [3.05, 3.63) is 65.3 Å². The van der Waals surface area contributed by atoms with Crippen molar-refractivity contribution >= 4 is 23.0 Å². The van der Waals surface area contributed by atoms with Crippen molar-refractivity contribution in [2.75, 3.05) is 5.32 Å². The van der Waals surface area contributed by atoms with Crippen LogP contribution < -0.4 is 5.32 Å². The number of aliphatic imine (C=N–C) groups is 1. The number of ketones is 2. The zero-order valence-electron chi connectivity index (χ0n) is 13.0. The number of carbonyl (C=O) groups is 2. The van der Waals surface area contributed by atoms with Crippen molar-refractivity contribution in [3.8, 4) is 0 Å². The third-order valence-corrected chi connectivity index (χ3v) is 5.27. The molecule has 0 radical (unpaired) electrons. The van der Waals surface area contributed by atoms with E-state index in [9.17, 15) is 9.59 Å². The molecule has 118 valence electrons. The Hall–Kier alpha value is -2.75. The predicted molar refractivity (Wildman–Crippen MR) is 92.4 cm³/mol. The van der Waals surface area contributed by atoms with Gasteiger partial charge in [0.15, 0.2) is 11.6 Å². The van der Waals surface area contributed by atoms with Crippen molar-refractivity contribution in [1.82, 2.24) is 0 Å². The molecule has 2 aliphatic heterocycles. The molecule has 0 bridgehead atoms. The molecule has 4 aliphatic rings. The molecule has 4 heteroatoms. The average Bonchev–Trinajstić information content (AvgIpc) is 2.62. The van der Waals surface area contributed by atoms with Gasteiger partial charge in [-0.25, -0.2) is 0 Å². The van der Waals surface area contributed by atoms with Crippen molar-refractivity contribution in [3.63, 3.8) is 0 Å². The number of hydrogen-bond acceptors (Lipinski definition) is 4. The van der Waals surface area contributed by atoms with Gasteiger partial charge in [-0.15, -0.1) is 0 Å². The first-order valence-corrected chi connectivity index (χ1v) is 8.32. The Labute approximate surface area is 139 Å². The number of para-hydroxylation sites is 1. The highest BCUT2D eigenvalue weighted by molar-refractivity contribution is 6.31. The Kier molecular flexibility index (Phi) is 2.77. The van der Waals surface area contributed by atoms with E-state index in [4.69, 9.17) is 4.99 Å². The molecule has 0 saturated carbocycles. The second kappa shape index (κ2) is 4.87. The quantitative estimate of drug-likeness (QED) is 0.749. The summed E-state index contributed by atoms with van der Waals surface area (Å²) in [6, 6.07) is 7.26. The van der Waals surface area contributed by atoms with E-state index >= 15 is 0 Å². The van der Waals surface area contributed by atoms with E-state index in [0.29, 0.717) is 12.0 Å². The van der Waals surface area contributed by atoms with E-state index in [2.05, 4.69) is 5.32 Å². The van der Waals surface area contributed by atoms with Crippen LogP contribution >= 0.6 is 0 Å². The maximum atomic E-state index is 12.9. The molecule has 3 unspecified atom stereocenters. The molecule has 0 aromatic heterocycles. The number of anilines is 1. The van der Waals surface area contributed by atoms with Gasteiger partial charge in [-0.05, 0) is 24.6 Å².